The van der Waals surface area contributed by atoms with Crippen LogP contribution in [0.1, 0.15) is 19.0 Å². The Labute approximate surface area is 118 Å². The highest BCUT2D eigenvalue weighted by molar-refractivity contribution is 8.00. The molecule has 0 saturated carbocycles. The standard InChI is InChI=1S/C11H16F3N5S/c1-3-4-7-8-9(18(2)17-7)19(10(15)16-8)5-6-20-11(12,13)14/h3-6H2,1-2H3,(H2,15,16). The lowest BCUT2D eigenvalue weighted by atomic mass is 10.2. The maximum Gasteiger partial charge on any atom is 0.441 e. The van der Waals surface area contributed by atoms with Crippen molar-refractivity contribution in [1.29, 1.82) is 0 Å². The number of rotatable bonds is 5. The monoisotopic (exact) mass is 307 g/mol. The van der Waals surface area contributed by atoms with Crippen LogP contribution in [0.25, 0.3) is 11.2 Å². The average molecular weight is 307 g/mol. The van der Waals surface area contributed by atoms with Crippen LogP contribution in [0.4, 0.5) is 19.1 Å². The van der Waals surface area contributed by atoms with Gasteiger partial charge in [0.15, 0.2) is 5.65 Å². The molecule has 0 fully saturated rings. The number of nitrogens with zero attached hydrogens (tertiary/aromatic N) is 4. The molecule has 2 aromatic rings. The predicted molar refractivity (Wildman–Crippen MR) is 73.4 cm³/mol. The minimum Gasteiger partial charge on any atom is -0.369 e. The van der Waals surface area contributed by atoms with Crippen LogP contribution >= 0.6 is 11.8 Å². The molecule has 9 heteroatoms. The fraction of sp³-hybridized carbons (Fsp3) is 0.636. The molecular formula is C11H16F3N5S. The summed E-state index contributed by atoms with van der Waals surface area (Å²) in [7, 11) is 1.75. The van der Waals surface area contributed by atoms with Gasteiger partial charge < -0.3 is 5.73 Å². The van der Waals surface area contributed by atoms with E-state index in [9.17, 15) is 13.2 Å². The van der Waals surface area contributed by atoms with Crippen LogP contribution in [0.2, 0.25) is 0 Å². The van der Waals surface area contributed by atoms with Gasteiger partial charge in [-0.15, -0.1) is 0 Å². The third-order valence-corrected chi connectivity index (χ3v) is 3.60. The maximum atomic E-state index is 12.2. The number of hydrogen-bond acceptors (Lipinski definition) is 4. The molecule has 2 heterocycles. The number of imidazole rings is 1. The first-order valence-electron chi connectivity index (χ1n) is 6.21. The molecule has 0 amide bonds. The zero-order valence-electron chi connectivity index (χ0n) is 11.2. The molecule has 2 aromatic heterocycles. The normalized spacial score (nSPS) is 12.4. The summed E-state index contributed by atoms with van der Waals surface area (Å²) in [6.07, 6.45) is 1.69. The number of nitrogens with two attached hydrogens (primary N) is 1. The van der Waals surface area contributed by atoms with Gasteiger partial charge in [-0.1, -0.05) is 13.3 Å². The van der Waals surface area contributed by atoms with Gasteiger partial charge >= 0.3 is 5.51 Å². The molecule has 0 radical (unpaired) electrons. The molecule has 0 saturated heterocycles. The Bertz CT molecular complexity index is 601. The highest BCUT2D eigenvalue weighted by Crippen LogP contribution is 2.31. The largest absolute Gasteiger partial charge is 0.441 e. The third kappa shape index (κ3) is 3.02. The smallest absolute Gasteiger partial charge is 0.369 e. The lowest BCUT2D eigenvalue weighted by Crippen LogP contribution is -2.11. The Morgan fingerprint density at radius 1 is 1.35 bits per heavy atom. The molecule has 2 N–H and O–H groups in total. The second kappa shape index (κ2) is 5.55. The van der Waals surface area contributed by atoms with Gasteiger partial charge in [-0.3, -0.25) is 9.25 Å². The van der Waals surface area contributed by atoms with E-state index in [-0.39, 0.29) is 30.0 Å². The van der Waals surface area contributed by atoms with Gasteiger partial charge in [0, 0.05) is 19.3 Å². The zero-order chi connectivity index (χ0) is 14.9. The number of nitrogen functional groups attached to an aromatic ring is 1. The molecule has 5 nitrogen and oxygen atoms in total. The van der Waals surface area contributed by atoms with Crippen molar-refractivity contribution in [2.45, 2.75) is 31.8 Å². The summed E-state index contributed by atoms with van der Waals surface area (Å²) in [5, 5.41) is 4.35. The summed E-state index contributed by atoms with van der Waals surface area (Å²) in [4.78, 5) is 4.23. The zero-order valence-corrected chi connectivity index (χ0v) is 12.1. The second-order valence-electron chi connectivity index (χ2n) is 4.41. The van der Waals surface area contributed by atoms with Gasteiger partial charge in [-0.25, -0.2) is 4.98 Å². The Kier molecular flexibility index (Phi) is 4.17. The topological polar surface area (TPSA) is 61.7 Å². The lowest BCUT2D eigenvalue weighted by Gasteiger charge is -2.08. The van der Waals surface area contributed by atoms with E-state index in [0.29, 0.717) is 11.2 Å². The van der Waals surface area contributed by atoms with Crippen molar-refractivity contribution in [3.63, 3.8) is 0 Å². The number of aromatic nitrogens is 4. The predicted octanol–water partition coefficient (Wildman–Crippen LogP) is 2.56. The van der Waals surface area contributed by atoms with E-state index in [1.165, 1.54) is 0 Å². The first-order chi connectivity index (χ1) is 9.33. The van der Waals surface area contributed by atoms with Gasteiger partial charge in [-0.2, -0.15) is 18.3 Å². The van der Waals surface area contributed by atoms with E-state index in [1.54, 1.807) is 16.3 Å². The first-order valence-corrected chi connectivity index (χ1v) is 7.20. The van der Waals surface area contributed by atoms with E-state index in [2.05, 4.69) is 10.1 Å². The van der Waals surface area contributed by atoms with Crippen molar-refractivity contribution < 1.29 is 13.2 Å². The quantitative estimate of drug-likeness (QED) is 0.922. The van der Waals surface area contributed by atoms with Crippen LogP contribution in [0, 0.1) is 0 Å². The molecule has 112 valence electrons. The maximum absolute atomic E-state index is 12.2. The van der Waals surface area contributed by atoms with E-state index >= 15 is 0 Å². The third-order valence-electron chi connectivity index (χ3n) is 2.89. The molecule has 2 rings (SSSR count). The molecule has 0 spiro atoms. The van der Waals surface area contributed by atoms with Crippen molar-refractivity contribution in [2.75, 3.05) is 11.5 Å². The molecule has 0 aliphatic rings. The number of fused-ring (bicyclic) bond motifs is 1. The molecule has 0 aliphatic carbocycles. The number of aryl methyl sites for hydroxylation is 3. The van der Waals surface area contributed by atoms with E-state index in [0.717, 1.165) is 18.5 Å². The molecule has 0 aromatic carbocycles. The highest BCUT2D eigenvalue weighted by atomic mass is 32.2. The SMILES string of the molecule is CCCc1nn(C)c2c1nc(N)n2CCSC(F)(F)F. The summed E-state index contributed by atoms with van der Waals surface area (Å²) in [5.41, 5.74) is 3.77. The Hall–Kier alpha value is -1.38. The fourth-order valence-corrected chi connectivity index (χ4v) is 2.64. The summed E-state index contributed by atoms with van der Waals surface area (Å²) in [6, 6.07) is 0. The van der Waals surface area contributed by atoms with Crippen LogP contribution in [0.15, 0.2) is 0 Å². The van der Waals surface area contributed by atoms with Crippen molar-refractivity contribution in [2.24, 2.45) is 7.05 Å². The summed E-state index contributed by atoms with van der Waals surface area (Å²) >= 11 is -0.0618. The van der Waals surface area contributed by atoms with Crippen molar-refractivity contribution >= 4 is 28.9 Å². The van der Waals surface area contributed by atoms with Gasteiger partial charge in [-0.05, 0) is 18.2 Å². The molecular weight excluding hydrogens is 291 g/mol. The van der Waals surface area contributed by atoms with Gasteiger partial charge in [0.2, 0.25) is 5.95 Å². The van der Waals surface area contributed by atoms with Gasteiger partial charge in [0.25, 0.3) is 0 Å². The first kappa shape index (κ1) is 15.0. The van der Waals surface area contributed by atoms with Gasteiger partial charge in [0.05, 0.1) is 5.69 Å². The Balaban J connectivity index is 2.27. The average Bonchev–Trinajstić information content (AvgIpc) is 2.78. The minimum atomic E-state index is -4.23. The second-order valence-corrected chi connectivity index (χ2v) is 5.57. The molecule has 0 unspecified atom stereocenters. The summed E-state index contributed by atoms with van der Waals surface area (Å²) in [5.74, 6) is 0.126. The van der Waals surface area contributed by atoms with Crippen molar-refractivity contribution in [1.82, 2.24) is 19.3 Å². The van der Waals surface area contributed by atoms with E-state index < -0.39 is 5.51 Å². The number of halogens is 3. The minimum absolute atomic E-state index is 0.0618. The Morgan fingerprint density at radius 3 is 2.65 bits per heavy atom. The lowest BCUT2D eigenvalue weighted by molar-refractivity contribution is -0.0328. The van der Waals surface area contributed by atoms with Crippen LogP contribution < -0.4 is 5.73 Å². The van der Waals surface area contributed by atoms with Crippen LogP contribution in [0.5, 0.6) is 0 Å². The number of alkyl halides is 3. The van der Waals surface area contributed by atoms with Crippen molar-refractivity contribution in [3.05, 3.63) is 5.69 Å². The number of thioether (sulfide) groups is 1. The van der Waals surface area contributed by atoms with E-state index in [1.807, 2.05) is 6.92 Å². The number of anilines is 1. The van der Waals surface area contributed by atoms with Crippen LogP contribution in [-0.4, -0.2) is 30.6 Å². The molecule has 20 heavy (non-hydrogen) atoms. The van der Waals surface area contributed by atoms with Crippen LogP contribution in [-0.2, 0) is 20.0 Å². The fourth-order valence-electron chi connectivity index (χ4n) is 2.14. The number of hydrogen-bond donors (Lipinski definition) is 1. The van der Waals surface area contributed by atoms with Crippen molar-refractivity contribution in [3.8, 4) is 0 Å². The molecule has 0 bridgehead atoms. The Morgan fingerprint density at radius 2 is 2.05 bits per heavy atom. The van der Waals surface area contributed by atoms with E-state index in [4.69, 9.17) is 5.73 Å². The highest BCUT2D eigenvalue weighted by Gasteiger charge is 2.28. The molecule has 0 atom stereocenters. The van der Waals surface area contributed by atoms with Crippen LogP contribution in [0.3, 0.4) is 0 Å². The van der Waals surface area contributed by atoms with Gasteiger partial charge in [0.1, 0.15) is 5.52 Å². The summed E-state index contributed by atoms with van der Waals surface area (Å²) in [6.45, 7) is 2.18. The summed E-state index contributed by atoms with van der Waals surface area (Å²) < 4.78 is 39.7. The molecule has 0 aliphatic heterocycles.